The van der Waals surface area contributed by atoms with Crippen molar-refractivity contribution in [2.24, 2.45) is 0 Å². The van der Waals surface area contributed by atoms with E-state index in [0.717, 1.165) is 12.5 Å². The second-order valence-electron chi connectivity index (χ2n) is 3.78. The molecule has 7 nitrogen and oxygen atoms in total. The molecule has 0 bridgehead atoms. The maximum absolute atomic E-state index is 12.1. The van der Waals surface area contributed by atoms with Crippen molar-refractivity contribution in [3.8, 4) is 11.6 Å². The zero-order valence-electron chi connectivity index (χ0n) is 10.5. The summed E-state index contributed by atoms with van der Waals surface area (Å²) in [5.41, 5.74) is 0.124. The summed E-state index contributed by atoms with van der Waals surface area (Å²) in [5, 5.41) is 10.8. The number of benzene rings is 1. The first-order valence-corrected chi connectivity index (χ1v) is 5.67. The van der Waals surface area contributed by atoms with Crippen molar-refractivity contribution >= 4 is 5.69 Å². The van der Waals surface area contributed by atoms with Gasteiger partial charge in [0.05, 0.1) is 4.92 Å². The Morgan fingerprint density at radius 2 is 2.19 bits per heavy atom. The number of rotatable bonds is 6. The molecule has 0 saturated carbocycles. The first kappa shape index (κ1) is 14.6. The van der Waals surface area contributed by atoms with Crippen molar-refractivity contribution in [3.05, 3.63) is 52.5 Å². The Balaban J connectivity index is 2.08. The third kappa shape index (κ3) is 4.06. The molecule has 1 aromatic carbocycles. The van der Waals surface area contributed by atoms with E-state index in [4.69, 9.17) is 4.74 Å². The number of alkyl halides is 2. The van der Waals surface area contributed by atoms with Gasteiger partial charge in [0.2, 0.25) is 0 Å². The summed E-state index contributed by atoms with van der Waals surface area (Å²) < 4.78 is 33.7. The number of aromatic nitrogens is 2. The molecule has 0 unspecified atom stereocenters. The van der Waals surface area contributed by atoms with Gasteiger partial charge in [-0.1, -0.05) is 12.1 Å². The molecule has 0 aliphatic carbocycles. The van der Waals surface area contributed by atoms with Crippen LogP contribution in [0, 0.1) is 10.1 Å². The molecule has 0 spiro atoms. The molecule has 0 N–H and O–H groups in total. The van der Waals surface area contributed by atoms with Crippen LogP contribution in [0.15, 0.2) is 36.8 Å². The molecule has 9 heteroatoms. The van der Waals surface area contributed by atoms with Gasteiger partial charge in [0.15, 0.2) is 0 Å². The molecular weight excluding hydrogens is 288 g/mol. The smallest absolute Gasteiger partial charge is 0.387 e. The standard InChI is InChI=1S/C12H9F2N3O4/c13-12(14)21-9-3-1-2-8(4-9)6-20-11-10(17(18)19)5-15-7-16-11/h1-5,7,12H,6H2. The fourth-order valence-electron chi connectivity index (χ4n) is 1.51. The van der Waals surface area contributed by atoms with Crippen molar-refractivity contribution < 1.29 is 23.2 Å². The second kappa shape index (κ2) is 6.55. The lowest BCUT2D eigenvalue weighted by atomic mass is 10.2. The summed E-state index contributed by atoms with van der Waals surface area (Å²) in [7, 11) is 0. The molecule has 0 amide bonds. The zero-order valence-corrected chi connectivity index (χ0v) is 10.5. The Hall–Kier alpha value is -2.84. The molecule has 1 heterocycles. The highest BCUT2D eigenvalue weighted by atomic mass is 19.3. The van der Waals surface area contributed by atoms with Crippen LogP contribution in [-0.4, -0.2) is 21.5 Å². The normalized spacial score (nSPS) is 10.4. The molecule has 0 atom stereocenters. The van der Waals surface area contributed by atoms with E-state index in [-0.39, 0.29) is 23.9 Å². The van der Waals surface area contributed by atoms with E-state index < -0.39 is 11.5 Å². The predicted octanol–water partition coefficient (Wildman–Crippen LogP) is 2.57. The van der Waals surface area contributed by atoms with E-state index in [9.17, 15) is 18.9 Å². The van der Waals surface area contributed by atoms with Gasteiger partial charge in [0, 0.05) is 0 Å². The zero-order chi connectivity index (χ0) is 15.2. The Bertz CT molecular complexity index is 639. The Morgan fingerprint density at radius 1 is 1.38 bits per heavy atom. The maximum Gasteiger partial charge on any atom is 0.387 e. The van der Waals surface area contributed by atoms with Crippen LogP contribution in [0.3, 0.4) is 0 Å². The van der Waals surface area contributed by atoms with Crippen LogP contribution in [0.1, 0.15) is 5.56 Å². The number of halogens is 2. The maximum atomic E-state index is 12.1. The van der Waals surface area contributed by atoms with E-state index in [1.807, 2.05) is 0 Å². The van der Waals surface area contributed by atoms with E-state index in [1.54, 1.807) is 6.07 Å². The lowest BCUT2D eigenvalue weighted by molar-refractivity contribution is -0.386. The fourth-order valence-corrected chi connectivity index (χ4v) is 1.51. The molecule has 21 heavy (non-hydrogen) atoms. The molecule has 2 aromatic rings. The van der Waals surface area contributed by atoms with E-state index in [0.29, 0.717) is 5.56 Å². The van der Waals surface area contributed by atoms with Crippen molar-refractivity contribution in [3.63, 3.8) is 0 Å². The quantitative estimate of drug-likeness (QED) is 0.601. The molecule has 0 aliphatic rings. The average Bonchev–Trinajstić information content (AvgIpc) is 2.45. The first-order chi connectivity index (χ1) is 10.1. The monoisotopic (exact) mass is 297 g/mol. The van der Waals surface area contributed by atoms with Gasteiger partial charge in [-0.05, 0) is 17.7 Å². The highest BCUT2D eigenvalue weighted by Crippen LogP contribution is 2.23. The second-order valence-corrected chi connectivity index (χ2v) is 3.78. The highest BCUT2D eigenvalue weighted by Gasteiger charge is 2.16. The SMILES string of the molecule is O=[N+]([O-])c1cncnc1OCc1cccc(OC(F)F)c1. The lowest BCUT2D eigenvalue weighted by Crippen LogP contribution is -2.04. The van der Waals surface area contributed by atoms with Gasteiger partial charge in [-0.3, -0.25) is 10.1 Å². The predicted molar refractivity (Wildman–Crippen MR) is 66.1 cm³/mol. The Morgan fingerprint density at radius 3 is 2.90 bits per heavy atom. The minimum atomic E-state index is -2.93. The van der Waals surface area contributed by atoms with Crippen LogP contribution in [-0.2, 0) is 6.61 Å². The number of nitro groups is 1. The van der Waals surface area contributed by atoms with Crippen molar-refractivity contribution in [1.82, 2.24) is 9.97 Å². The third-order valence-electron chi connectivity index (χ3n) is 2.35. The van der Waals surface area contributed by atoms with Crippen LogP contribution in [0.5, 0.6) is 11.6 Å². The number of hydrogen-bond acceptors (Lipinski definition) is 6. The summed E-state index contributed by atoms with van der Waals surface area (Å²) in [4.78, 5) is 17.3. The van der Waals surface area contributed by atoms with Gasteiger partial charge in [0.1, 0.15) is 24.9 Å². The molecule has 2 rings (SSSR count). The Kier molecular flexibility index (Phi) is 4.54. The summed E-state index contributed by atoms with van der Waals surface area (Å²) in [6.07, 6.45) is 2.12. The van der Waals surface area contributed by atoms with Crippen LogP contribution >= 0.6 is 0 Å². The number of hydrogen-bond donors (Lipinski definition) is 0. The molecule has 0 radical (unpaired) electrons. The van der Waals surface area contributed by atoms with Gasteiger partial charge in [0.25, 0.3) is 5.88 Å². The molecule has 0 aliphatic heterocycles. The molecular formula is C12H9F2N3O4. The summed E-state index contributed by atoms with van der Waals surface area (Å²) >= 11 is 0. The minimum absolute atomic E-state index is 0.0247. The van der Waals surface area contributed by atoms with Crippen LogP contribution < -0.4 is 9.47 Å². The summed E-state index contributed by atoms with van der Waals surface area (Å²) in [5.74, 6) is -0.224. The Labute approximate surface area is 117 Å². The summed E-state index contributed by atoms with van der Waals surface area (Å²) in [6, 6.07) is 5.82. The third-order valence-corrected chi connectivity index (χ3v) is 2.35. The molecule has 0 fully saturated rings. The number of nitrogens with zero attached hydrogens (tertiary/aromatic N) is 3. The van der Waals surface area contributed by atoms with E-state index >= 15 is 0 Å². The molecule has 0 saturated heterocycles. The van der Waals surface area contributed by atoms with Crippen LogP contribution in [0.2, 0.25) is 0 Å². The topological polar surface area (TPSA) is 87.4 Å². The van der Waals surface area contributed by atoms with Gasteiger partial charge in [-0.25, -0.2) is 4.98 Å². The summed E-state index contributed by atoms with van der Waals surface area (Å²) in [6.45, 7) is -3.01. The largest absolute Gasteiger partial charge is 0.468 e. The average molecular weight is 297 g/mol. The molecule has 1 aromatic heterocycles. The number of ether oxygens (including phenoxy) is 2. The fraction of sp³-hybridized carbons (Fsp3) is 0.167. The highest BCUT2D eigenvalue weighted by molar-refractivity contribution is 5.37. The minimum Gasteiger partial charge on any atom is -0.468 e. The van der Waals surface area contributed by atoms with E-state index in [2.05, 4.69) is 14.7 Å². The van der Waals surface area contributed by atoms with Crippen LogP contribution in [0.25, 0.3) is 0 Å². The van der Waals surface area contributed by atoms with Crippen molar-refractivity contribution in [2.75, 3.05) is 0 Å². The van der Waals surface area contributed by atoms with Crippen LogP contribution in [0.4, 0.5) is 14.5 Å². The molecule has 110 valence electrons. The van der Waals surface area contributed by atoms with Crippen molar-refractivity contribution in [2.45, 2.75) is 13.2 Å². The lowest BCUT2D eigenvalue weighted by Gasteiger charge is -2.08. The van der Waals surface area contributed by atoms with Gasteiger partial charge < -0.3 is 9.47 Å². The van der Waals surface area contributed by atoms with Gasteiger partial charge in [-0.2, -0.15) is 13.8 Å². The van der Waals surface area contributed by atoms with Crippen molar-refractivity contribution in [1.29, 1.82) is 0 Å². The van der Waals surface area contributed by atoms with Gasteiger partial charge >= 0.3 is 12.3 Å². The first-order valence-electron chi connectivity index (χ1n) is 5.67. The van der Waals surface area contributed by atoms with Gasteiger partial charge in [-0.15, -0.1) is 0 Å². The van der Waals surface area contributed by atoms with E-state index in [1.165, 1.54) is 18.2 Å².